The molecule has 0 aromatic carbocycles. The van der Waals surface area contributed by atoms with Crippen LogP contribution < -0.4 is 15.4 Å². The Morgan fingerprint density at radius 3 is 2.79 bits per heavy atom. The number of pyridine rings is 1. The lowest BCUT2D eigenvalue weighted by Crippen LogP contribution is -2.52. The number of aliphatic imine (C=N–C) groups is 1. The highest BCUT2D eigenvalue weighted by atomic mass is 16.5. The van der Waals surface area contributed by atoms with Gasteiger partial charge in [-0.15, -0.1) is 0 Å². The second kappa shape index (κ2) is 10.8. The first-order valence-electron chi connectivity index (χ1n) is 10.7. The summed E-state index contributed by atoms with van der Waals surface area (Å²) >= 11 is 0. The number of hydrogen-bond donors (Lipinski definition) is 3. The van der Waals surface area contributed by atoms with Crippen LogP contribution in [-0.2, 0) is 11.3 Å². The Labute approximate surface area is 173 Å². The van der Waals surface area contributed by atoms with Gasteiger partial charge < -0.3 is 25.2 Å². The third-order valence-electron chi connectivity index (χ3n) is 5.03. The van der Waals surface area contributed by atoms with E-state index in [0.29, 0.717) is 31.5 Å². The molecule has 1 aliphatic carbocycles. The van der Waals surface area contributed by atoms with Gasteiger partial charge >= 0.3 is 0 Å². The molecule has 29 heavy (non-hydrogen) atoms. The Kier molecular flexibility index (Phi) is 8.09. The van der Waals surface area contributed by atoms with Crippen molar-refractivity contribution < 1.29 is 14.6 Å². The molecule has 3 N–H and O–H groups in total. The summed E-state index contributed by atoms with van der Waals surface area (Å²) < 4.78 is 11.0. The van der Waals surface area contributed by atoms with Crippen molar-refractivity contribution in [2.24, 2.45) is 10.9 Å². The predicted octanol–water partition coefficient (Wildman–Crippen LogP) is 1.01. The Morgan fingerprint density at radius 2 is 2.14 bits per heavy atom. The van der Waals surface area contributed by atoms with E-state index in [0.717, 1.165) is 50.9 Å². The molecular formula is C21H35N5O3. The zero-order chi connectivity index (χ0) is 20.5. The van der Waals surface area contributed by atoms with Crippen molar-refractivity contribution in [1.29, 1.82) is 0 Å². The second-order valence-corrected chi connectivity index (χ2v) is 8.19. The van der Waals surface area contributed by atoms with E-state index in [1.807, 2.05) is 32.2 Å². The van der Waals surface area contributed by atoms with Gasteiger partial charge in [-0.2, -0.15) is 0 Å². The summed E-state index contributed by atoms with van der Waals surface area (Å²) in [5.41, 5.74) is 0.163. The van der Waals surface area contributed by atoms with E-state index >= 15 is 0 Å². The molecular weight excluding hydrogens is 370 g/mol. The zero-order valence-corrected chi connectivity index (χ0v) is 17.7. The number of nitrogens with one attached hydrogen (secondary N) is 2. The summed E-state index contributed by atoms with van der Waals surface area (Å²) in [7, 11) is 0. The maximum Gasteiger partial charge on any atom is 0.213 e. The molecule has 0 spiro atoms. The molecule has 0 bridgehead atoms. The van der Waals surface area contributed by atoms with Gasteiger partial charge in [0.2, 0.25) is 5.88 Å². The first kappa shape index (κ1) is 21.8. The maximum atomic E-state index is 10.7. The Hall–Kier alpha value is -1.90. The number of guanidine groups is 1. The Morgan fingerprint density at radius 1 is 1.34 bits per heavy atom. The predicted molar refractivity (Wildman–Crippen MR) is 113 cm³/mol. The molecule has 2 aliphatic rings. The smallest absolute Gasteiger partial charge is 0.213 e. The van der Waals surface area contributed by atoms with Crippen LogP contribution in [-0.4, -0.2) is 79.1 Å². The topological polar surface area (TPSA) is 91.2 Å². The molecule has 1 saturated heterocycles. The monoisotopic (exact) mass is 405 g/mol. The first-order valence-corrected chi connectivity index (χ1v) is 10.7. The van der Waals surface area contributed by atoms with Crippen LogP contribution >= 0.6 is 0 Å². The van der Waals surface area contributed by atoms with Crippen molar-refractivity contribution in [1.82, 2.24) is 20.5 Å². The minimum absolute atomic E-state index is 0.419. The molecule has 2 heterocycles. The zero-order valence-electron chi connectivity index (χ0n) is 17.7. The van der Waals surface area contributed by atoms with Crippen molar-refractivity contribution in [3.63, 3.8) is 0 Å². The fourth-order valence-corrected chi connectivity index (χ4v) is 3.16. The highest BCUT2D eigenvalue weighted by molar-refractivity contribution is 5.79. The molecule has 2 fully saturated rings. The number of hydrogen-bond acceptors (Lipinski definition) is 6. The normalized spacial score (nSPS) is 20.2. The summed E-state index contributed by atoms with van der Waals surface area (Å²) in [6.07, 6.45) is 4.35. The molecule has 1 atom stereocenters. The van der Waals surface area contributed by atoms with E-state index < -0.39 is 5.60 Å². The average molecular weight is 406 g/mol. The summed E-state index contributed by atoms with van der Waals surface area (Å²) in [5.74, 6) is 2.08. The Balaban J connectivity index is 1.46. The number of morpholine rings is 1. The van der Waals surface area contributed by atoms with E-state index in [4.69, 9.17) is 9.47 Å². The molecule has 0 amide bonds. The van der Waals surface area contributed by atoms with Crippen molar-refractivity contribution >= 4 is 5.96 Å². The van der Waals surface area contributed by atoms with Crippen LogP contribution in [0.25, 0.3) is 0 Å². The van der Waals surface area contributed by atoms with Gasteiger partial charge in [0.1, 0.15) is 0 Å². The summed E-state index contributed by atoms with van der Waals surface area (Å²) in [6, 6.07) is 3.90. The first-order chi connectivity index (χ1) is 14.0. The van der Waals surface area contributed by atoms with E-state index in [9.17, 15) is 5.11 Å². The van der Waals surface area contributed by atoms with Gasteiger partial charge in [0.15, 0.2) is 5.96 Å². The van der Waals surface area contributed by atoms with Gasteiger partial charge in [-0.3, -0.25) is 4.90 Å². The molecule has 0 radical (unpaired) electrons. The molecule has 1 aliphatic heterocycles. The maximum absolute atomic E-state index is 10.7. The molecule has 1 aromatic heterocycles. The highest BCUT2D eigenvalue weighted by Gasteiger charge is 2.25. The van der Waals surface area contributed by atoms with Crippen LogP contribution in [0.5, 0.6) is 5.88 Å². The average Bonchev–Trinajstić information content (AvgIpc) is 3.54. The number of rotatable bonds is 10. The number of aromatic nitrogens is 1. The fraction of sp³-hybridized carbons (Fsp3) is 0.714. The molecule has 162 valence electrons. The minimum Gasteiger partial charge on any atom is -0.477 e. The molecule has 1 aromatic rings. The lowest BCUT2D eigenvalue weighted by molar-refractivity contribution is -0.0201. The molecule has 1 unspecified atom stereocenters. The van der Waals surface area contributed by atoms with Gasteiger partial charge in [-0.25, -0.2) is 9.98 Å². The summed E-state index contributed by atoms with van der Waals surface area (Å²) in [6.45, 7) is 10.1. The Bertz CT molecular complexity index is 640. The van der Waals surface area contributed by atoms with Crippen molar-refractivity contribution in [3.8, 4) is 5.88 Å². The van der Waals surface area contributed by atoms with Crippen LogP contribution in [0.1, 0.15) is 32.3 Å². The third kappa shape index (κ3) is 8.16. The van der Waals surface area contributed by atoms with Crippen LogP contribution in [0.2, 0.25) is 0 Å². The SMILES string of the molecule is CCNC(=NCc1ccc(OCC2CC2)nc1)NCC(C)(O)CN1CCOCC1. The number of aliphatic hydroxyl groups is 1. The third-order valence-corrected chi connectivity index (χ3v) is 5.03. The van der Waals surface area contributed by atoms with E-state index in [1.165, 1.54) is 12.8 Å². The van der Waals surface area contributed by atoms with Crippen molar-refractivity contribution in [3.05, 3.63) is 23.9 Å². The second-order valence-electron chi connectivity index (χ2n) is 8.19. The van der Waals surface area contributed by atoms with Gasteiger partial charge in [0, 0.05) is 45.0 Å². The van der Waals surface area contributed by atoms with E-state index in [-0.39, 0.29) is 0 Å². The largest absolute Gasteiger partial charge is 0.477 e. The molecule has 8 heteroatoms. The van der Waals surface area contributed by atoms with Crippen LogP contribution in [0.4, 0.5) is 0 Å². The van der Waals surface area contributed by atoms with Crippen LogP contribution in [0.15, 0.2) is 23.3 Å². The van der Waals surface area contributed by atoms with Gasteiger partial charge in [-0.05, 0) is 38.2 Å². The number of ether oxygens (including phenoxy) is 2. The van der Waals surface area contributed by atoms with Crippen molar-refractivity contribution in [2.45, 2.75) is 38.8 Å². The van der Waals surface area contributed by atoms with Crippen LogP contribution in [0.3, 0.4) is 0 Å². The van der Waals surface area contributed by atoms with Crippen molar-refractivity contribution in [2.75, 3.05) is 52.5 Å². The van der Waals surface area contributed by atoms with E-state index in [1.54, 1.807) is 0 Å². The highest BCUT2D eigenvalue weighted by Crippen LogP contribution is 2.29. The number of nitrogens with zero attached hydrogens (tertiary/aromatic N) is 3. The molecule has 8 nitrogen and oxygen atoms in total. The van der Waals surface area contributed by atoms with Gasteiger partial charge in [0.25, 0.3) is 0 Å². The quantitative estimate of drug-likeness (QED) is 0.395. The fourth-order valence-electron chi connectivity index (χ4n) is 3.16. The summed E-state index contributed by atoms with van der Waals surface area (Å²) in [5, 5.41) is 17.2. The lowest BCUT2D eigenvalue weighted by atomic mass is 10.1. The minimum atomic E-state index is -0.852. The molecule has 3 rings (SSSR count). The lowest BCUT2D eigenvalue weighted by Gasteiger charge is -2.34. The van der Waals surface area contributed by atoms with Crippen LogP contribution in [0, 0.1) is 5.92 Å². The van der Waals surface area contributed by atoms with E-state index in [2.05, 4.69) is 25.5 Å². The molecule has 1 saturated carbocycles. The standard InChI is InChI=1S/C21H35N5O3/c1-3-22-20(25-15-21(2,27)16-26-8-10-28-11-9-26)24-13-18-6-7-19(23-12-18)29-14-17-4-5-17/h6-7,12,17,27H,3-5,8-11,13-16H2,1-2H3,(H2,22,24,25). The van der Waals surface area contributed by atoms with Gasteiger partial charge in [0.05, 0.1) is 32.0 Å². The summed E-state index contributed by atoms with van der Waals surface area (Å²) in [4.78, 5) is 11.2. The number of β-amino-alcohol motifs (C(OH)–C–C–N with tert-alkyl or cyclic N) is 1. The van der Waals surface area contributed by atoms with Gasteiger partial charge in [-0.1, -0.05) is 6.07 Å².